The average Bonchev–Trinajstić information content (AvgIpc) is 3.28. The molecule has 416 valence electrons. The van der Waals surface area contributed by atoms with E-state index in [4.69, 9.17) is 27.9 Å². The molecule has 0 aliphatic rings. The first-order valence-corrected chi connectivity index (χ1v) is 26.3. The molecule has 44 heteroatoms. The molecule has 0 aromatic heterocycles. The zero-order valence-corrected chi connectivity index (χ0v) is 41.0. The van der Waals surface area contributed by atoms with Crippen molar-refractivity contribution in [3.8, 4) is 0 Å². The zero-order chi connectivity index (χ0) is 52.5. The third kappa shape index (κ3) is 44.8. The van der Waals surface area contributed by atoms with Crippen LogP contribution < -0.4 is 16.2 Å². The van der Waals surface area contributed by atoms with Gasteiger partial charge in [0.2, 0.25) is 0 Å². The smallest absolute Gasteiger partial charge is 0.409 e. The van der Waals surface area contributed by atoms with Crippen LogP contribution in [-0.4, -0.2) is 129 Å². The second kappa shape index (κ2) is 41.5. The molecule has 0 aromatic rings. The van der Waals surface area contributed by atoms with Gasteiger partial charge in [0.15, 0.2) is 12.5 Å². The molecular formula is C26H55FN3O35P5. The molecule has 0 amide bonds. The molecule has 0 radical (unpaired) electrons. The minimum Gasteiger partial charge on any atom is -0.409 e. The standard InChI is InChI=1S/C26H55FN3O35P5/c1-4-42-57-63-58-43-9-14-50-68(36,37)54-20-24(17-28-2)5-6-25(19-30-27)21-55-69(38,39)51-15-10-46-61-64-59-44-7-12-48-67(34,35)49-13-8-45-60-65-62-47-11-16-52-70(40,41)56-23-26(18-29-3)22-53-66(31,32)33/h4,8,10,13,15,24-26,28-30H,1,5-7,9,11-12,14,16-23H2,2-3H3,(H,34,35)(H,36,37)(H,38,39)(H,40,41)(H2,31,32,33)/b13-8-,15-10+. The maximum atomic E-state index is 13.0. The molecule has 0 saturated carbocycles. The summed E-state index contributed by atoms with van der Waals surface area (Å²) in [6, 6.07) is 0. The van der Waals surface area contributed by atoms with E-state index in [0.29, 0.717) is 25.0 Å². The maximum absolute atomic E-state index is 13.0. The monoisotopic (exact) mass is 1140 g/mol. The number of rotatable bonds is 52. The predicted molar refractivity (Wildman–Crippen MR) is 211 cm³/mol. The van der Waals surface area contributed by atoms with E-state index in [1.54, 1.807) is 7.05 Å². The first-order valence-electron chi connectivity index (χ1n) is 18.8. The van der Waals surface area contributed by atoms with Gasteiger partial charge in [0.1, 0.15) is 38.6 Å². The van der Waals surface area contributed by atoms with Crippen LogP contribution in [0.25, 0.3) is 0 Å². The van der Waals surface area contributed by atoms with E-state index in [-0.39, 0.29) is 45.7 Å². The fourth-order valence-corrected chi connectivity index (χ4v) is 7.07. The summed E-state index contributed by atoms with van der Waals surface area (Å²) in [5.41, 5.74) is 1.43. The zero-order valence-electron chi connectivity index (χ0n) is 36.6. The molecule has 0 saturated heterocycles. The number of nitrogens with one attached hydrogen (secondary N) is 3. The molecule has 0 aromatic carbocycles. The minimum atomic E-state index is -4.78. The van der Waals surface area contributed by atoms with Crippen LogP contribution in [-0.2, 0) is 138 Å². The van der Waals surface area contributed by atoms with Crippen molar-refractivity contribution in [1.29, 1.82) is 0 Å². The van der Waals surface area contributed by atoms with Gasteiger partial charge in [-0.25, -0.2) is 37.5 Å². The molecule has 70 heavy (non-hydrogen) atoms. The van der Waals surface area contributed by atoms with E-state index >= 15 is 0 Å². The fourth-order valence-electron chi connectivity index (χ4n) is 3.87. The van der Waals surface area contributed by atoms with Gasteiger partial charge in [-0.15, -0.1) is 4.48 Å². The van der Waals surface area contributed by atoms with Crippen molar-refractivity contribution in [3.05, 3.63) is 37.9 Å². The van der Waals surface area contributed by atoms with Gasteiger partial charge in [0.25, 0.3) is 0 Å². The Morgan fingerprint density at radius 1 is 0.457 bits per heavy atom. The van der Waals surface area contributed by atoms with Crippen LogP contribution in [0.15, 0.2) is 37.9 Å². The van der Waals surface area contributed by atoms with Gasteiger partial charge in [0, 0.05) is 49.2 Å². The van der Waals surface area contributed by atoms with Crippen LogP contribution in [0.2, 0.25) is 0 Å². The van der Waals surface area contributed by atoms with E-state index < -0.39 is 110 Å². The Hall–Kier alpha value is -1.82. The van der Waals surface area contributed by atoms with Crippen LogP contribution >= 0.6 is 39.1 Å². The number of hydrogen-bond donors (Lipinski definition) is 9. The van der Waals surface area contributed by atoms with Gasteiger partial charge in [0.05, 0.1) is 46.2 Å². The van der Waals surface area contributed by atoms with E-state index in [0.717, 1.165) is 6.26 Å². The summed E-state index contributed by atoms with van der Waals surface area (Å²) >= 11 is 0. The highest BCUT2D eigenvalue weighted by Gasteiger charge is 2.28. The van der Waals surface area contributed by atoms with E-state index in [2.05, 4.69) is 115 Å². The Morgan fingerprint density at radius 2 is 0.829 bits per heavy atom. The summed E-state index contributed by atoms with van der Waals surface area (Å²) in [7, 11) is -20.3. The normalized spacial score (nSPS) is 17.0. The summed E-state index contributed by atoms with van der Waals surface area (Å²) in [6.45, 7) is -1.69. The molecule has 0 aliphatic carbocycles. The van der Waals surface area contributed by atoms with Crippen LogP contribution in [0.3, 0.4) is 0 Å². The van der Waals surface area contributed by atoms with Gasteiger partial charge >= 0.3 is 39.1 Å². The van der Waals surface area contributed by atoms with E-state index in [1.807, 2.05) is 0 Å². The van der Waals surface area contributed by atoms with Crippen molar-refractivity contribution in [3.63, 3.8) is 0 Å². The predicted octanol–water partition coefficient (Wildman–Crippen LogP) is 1.49. The van der Waals surface area contributed by atoms with Crippen LogP contribution in [0.5, 0.6) is 0 Å². The average molecular weight is 1140 g/mol. The molecule has 0 rings (SSSR count). The third-order valence-corrected chi connectivity index (χ3v) is 10.8. The summed E-state index contributed by atoms with van der Waals surface area (Å²) in [5.74, 6) is -1.85. The van der Waals surface area contributed by atoms with Crippen molar-refractivity contribution in [1.82, 2.24) is 16.2 Å². The van der Waals surface area contributed by atoms with Gasteiger partial charge in [-0.05, 0) is 60.4 Å². The first kappa shape index (κ1) is 68.2. The van der Waals surface area contributed by atoms with Crippen molar-refractivity contribution >= 4 is 39.1 Å². The van der Waals surface area contributed by atoms with Gasteiger partial charge in [-0.2, -0.15) is 5.54 Å². The maximum Gasteiger partial charge on any atom is 0.527 e. The van der Waals surface area contributed by atoms with Gasteiger partial charge in [-0.1, -0.05) is 6.58 Å². The summed E-state index contributed by atoms with van der Waals surface area (Å²) in [5, 5.41) is 41.3. The van der Waals surface area contributed by atoms with E-state index in [9.17, 15) is 46.9 Å². The second-order valence-electron chi connectivity index (χ2n) is 12.0. The molecule has 7 atom stereocenters. The lowest BCUT2D eigenvalue weighted by Crippen LogP contribution is -2.26. The van der Waals surface area contributed by atoms with Crippen molar-refractivity contribution in [2.75, 3.05) is 99.8 Å². The quantitative estimate of drug-likeness (QED) is 0.0104. The lowest BCUT2D eigenvalue weighted by Gasteiger charge is -2.22. The minimum absolute atomic E-state index is 0.114. The summed E-state index contributed by atoms with van der Waals surface area (Å²) in [4.78, 5) is 82.3. The summed E-state index contributed by atoms with van der Waals surface area (Å²) < 4.78 is 114. The molecule has 0 fully saturated rings. The van der Waals surface area contributed by atoms with Gasteiger partial charge in [-0.3, -0.25) is 41.5 Å². The molecule has 0 spiro atoms. The Morgan fingerprint density at radius 3 is 1.26 bits per heavy atom. The fraction of sp³-hybridized carbons (Fsp3) is 0.769. The van der Waals surface area contributed by atoms with Crippen LogP contribution in [0.4, 0.5) is 4.48 Å². The lowest BCUT2D eigenvalue weighted by molar-refractivity contribution is -0.700. The Balaban J connectivity index is 4.14. The van der Waals surface area contributed by atoms with Crippen LogP contribution in [0, 0.1) is 17.8 Å². The Kier molecular flexibility index (Phi) is 40.4. The largest absolute Gasteiger partial charge is 0.527 e. The highest BCUT2D eigenvalue weighted by Crippen LogP contribution is 2.46. The van der Waals surface area contributed by atoms with E-state index in [1.165, 1.54) is 12.6 Å². The molecule has 7 unspecified atom stereocenters. The van der Waals surface area contributed by atoms with Crippen LogP contribution in [0.1, 0.15) is 12.8 Å². The highest BCUT2D eigenvalue weighted by atomic mass is 31.2. The van der Waals surface area contributed by atoms with Crippen molar-refractivity contribution in [2.45, 2.75) is 12.8 Å². The lowest BCUT2D eigenvalue weighted by atomic mass is 9.96. The number of phosphoric acid groups is 5. The molecule has 0 aliphatic heterocycles. The number of hydrogen-bond acceptors (Lipinski definition) is 32. The Bertz CT molecular complexity index is 1620. The Labute approximate surface area is 395 Å². The van der Waals surface area contributed by atoms with Crippen molar-refractivity contribution < 1.29 is 172 Å². The van der Waals surface area contributed by atoms with Crippen molar-refractivity contribution in [2.24, 2.45) is 17.8 Å². The van der Waals surface area contributed by atoms with Gasteiger partial charge < -0.3 is 53.9 Å². The first-order chi connectivity index (χ1) is 33.2. The SMILES string of the molecule is C=COOOOOCCOP(=O)(O)OCC(CCC(CNF)COP(=O)(O)O/C=C/OOOOOCCOP(=O)(O)O/C=C\OOOOOCCOP(=O)(O)OCC(CNC)COP(=O)(O)O)CNC. The topological polar surface area (TPSA) is 464 Å². The summed E-state index contributed by atoms with van der Waals surface area (Å²) in [6.07, 6.45) is 3.32. The third-order valence-electron chi connectivity index (χ3n) is 6.60. The highest BCUT2D eigenvalue weighted by molar-refractivity contribution is 7.48. The molecule has 0 heterocycles. The number of phosphoric ester groups is 5. The second-order valence-corrected chi connectivity index (χ2v) is 18.9. The molecule has 9 N–H and O–H groups in total. The molecular weight excluding hydrogens is 1090 g/mol. The molecule has 38 nitrogen and oxygen atoms in total. The molecule has 0 bridgehead atoms. The number of halogens is 1.